The Morgan fingerprint density at radius 1 is 1.23 bits per heavy atom. The van der Waals surface area contributed by atoms with Crippen LogP contribution in [0.4, 0.5) is 0 Å². The molecule has 1 aliphatic heterocycles. The predicted octanol–water partition coefficient (Wildman–Crippen LogP) is 2.30. The zero-order chi connectivity index (χ0) is 16.3. The van der Waals surface area contributed by atoms with Gasteiger partial charge in [-0.1, -0.05) is 0 Å². The highest BCUT2D eigenvalue weighted by Gasteiger charge is 2.52. The lowest BCUT2D eigenvalue weighted by molar-refractivity contribution is 0.00578. The third kappa shape index (κ3) is 2.09. The second kappa shape index (κ2) is 4.67. The van der Waals surface area contributed by atoms with E-state index in [0.717, 1.165) is 22.1 Å². The van der Waals surface area contributed by atoms with Gasteiger partial charge in [0.2, 0.25) is 5.91 Å². The maximum absolute atomic E-state index is 11.8. The number of carbonyl (C=O) groups is 1. The molecule has 0 aliphatic carbocycles. The van der Waals surface area contributed by atoms with Gasteiger partial charge in [0.15, 0.2) is 0 Å². The standard InChI is InChI=1S/C16H21BN2O3/c1-10-14-12(7-8-19(14)11(2)20)13(9-18-10)17-21-15(3,4)16(5,6)22-17/h7-9H,1-6H3. The summed E-state index contributed by atoms with van der Waals surface area (Å²) in [7, 11) is -0.483. The van der Waals surface area contributed by atoms with E-state index in [1.807, 2.05) is 40.7 Å². The molecule has 1 fully saturated rings. The molecule has 5 nitrogen and oxygen atoms in total. The smallest absolute Gasteiger partial charge is 0.399 e. The Balaban J connectivity index is 2.14. The Hall–Kier alpha value is -1.66. The van der Waals surface area contributed by atoms with Crippen LogP contribution in [0.15, 0.2) is 18.5 Å². The van der Waals surface area contributed by atoms with Gasteiger partial charge >= 0.3 is 7.12 Å². The lowest BCUT2D eigenvalue weighted by atomic mass is 9.78. The second-order valence-corrected chi connectivity index (χ2v) is 6.85. The fraction of sp³-hybridized carbons (Fsp3) is 0.500. The van der Waals surface area contributed by atoms with Crippen LogP contribution in [0.5, 0.6) is 0 Å². The fourth-order valence-corrected chi connectivity index (χ4v) is 2.75. The van der Waals surface area contributed by atoms with Crippen LogP contribution in [0.1, 0.15) is 45.1 Å². The van der Waals surface area contributed by atoms with Crippen LogP contribution < -0.4 is 5.46 Å². The highest BCUT2D eigenvalue weighted by Crippen LogP contribution is 2.37. The lowest BCUT2D eigenvalue weighted by Crippen LogP contribution is -2.41. The van der Waals surface area contributed by atoms with Crippen LogP contribution in [0.3, 0.4) is 0 Å². The number of carbonyl (C=O) groups excluding carboxylic acids is 1. The maximum Gasteiger partial charge on any atom is 0.497 e. The number of pyridine rings is 1. The summed E-state index contributed by atoms with van der Waals surface area (Å²) in [6.45, 7) is 11.5. The van der Waals surface area contributed by atoms with E-state index in [2.05, 4.69) is 4.98 Å². The molecule has 0 bridgehead atoms. The monoisotopic (exact) mass is 300 g/mol. The molecule has 0 amide bonds. The van der Waals surface area contributed by atoms with Gasteiger partial charge in [-0.25, -0.2) is 0 Å². The zero-order valence-electron chi connectivity index (χ0n) is 13.9. The van der Waals surface area contributed by atoms with E-state index in [-0.39, 0.29) is 5.91 Å². The number of rotatable bonds is 1. The summed E-state index contributed by atoms with van der Waals surface area (Å²) in [5.41, 5.74) is 1.69. The minimum Gasteiger partial charge on any atom is -0.399 e. The third-order valence-corrected chi connectivity index (χ3v) is 4.78. The van der Waals surface area contributed by atoms with Gasteiger partial charge in [0.25, 0.3) is 0 Å². The highest BCUT2D eigenvalue weighted by atomic mass is 16.7. The first-order chi connectivity index (χ1) is 10.1. The van der Waals surface area contributed by atoms with Gasteiger partial charge in [-0.2, -0.15) is 0 Å². The molecule has 2 aromatic rings. The van der Waals surface area contributed by atoms with Crippen LogP contribution in [-0.2, 0) is 9.31 Å². The molecule has 0 radical (unpaired) electrons. The molecule has 116 valence electrons. The van der Waals surface area contributed by atoms with Crippen molar-refractivity contribution in [2.45, 2.75) is 52.7 Å². The van der Waals surface area contributed by atoms with E-state index >= 15 is 0 Å². The first-order valence-electron chi connectivity index (χ1n) is 7.47. The molecule has 0 N–H and O–H groups in total. The average molecular weight is 300 g/mol. The van der Waals surface area contributed by atoms with Crippen molar-refractivity contribution in [3.8, 4) is 0 Å². The summed E-state index contributed by atoms with van der Waals surface area (Å²) in [5, 5.41) is 0.946. The molecular formula is C16H21BN2O3. The van der Waals surface area contributed by atoms with Crippen molar-refractivity contribution < 1.29 is 14.1 Å². The molecule has 6 heteroatoms. The highest BCUT2D eigenvalue weighted by molar-refractivity contribution is 6.65. The van der Waals surface area contributed by atoms with Gasteiger partial charge in [0.1, 0.15) is 0 Å². The summed E-state index contributed by atoms with van der Waals surface area (Å²) in [5.74, 6) is -0.0361. The molecule has 0 spiro atoms. The predicted molar refractivity (Wildman–Crippen MR) is 86.5 cm³/mol. The van der Waals surface area contributed by atoms with Crippen LogP contribution in [0.25, 0.3) is 10.9 Å². The van der Waals surface area contributed by atoms with E-state index in [4.69, 9.17) is 9.31 Å². The topological polar surface area (TPSA) is 53.4 Å². The molecule has 0 atom stereocenters. The summed E-state index contributed by atoms with van der Waals surface area (Å²) < 4.78 is 13.8. The zero-order valence-corrected chi connectivity index (χ0v) is 13.9. The molecular weight excluding hydrogens is 279 g/mol. The summed E-state index contributed by atoms with van der Waals surface area (Å²) in [4.78, 5) is 16.2. The Morgan fingerprint density at radius 2 is 1.82 bits per heavy atom. The van der Waals surface area contributed by atoms with Crippen LogP contribution in [-0.4, -0.2) is 33.8 Å². The molecule has 0 unspecified atom stereocenters. The van der Waals surface area contributed by atoms with Gasteiger partial charge in [0, 0.05) is 30.2 Å². The Bertz CT molecular complexity index is 748. The average Bonchev–Trinajstić information content (AvgIpc) is 2.90. The van der Waals surface area contributed by atoms with Gasteiger partial charge in [-0.05, 0) is 40.7 Å². The van der Waals surface area contributed by atoms with Crippen molar-refractivity contribution in [1.82, 2.24) is 9.55 Å². The number of nitrogens with zero attached hydrogens (tertiary/aromatic N) is 2. The Morgan fingerprint density at radius 3 is 2.36 bits per heavy atom. The lowest BCUT2D eigenvalue weighted by Gasteiger charge is -2.32. The largest absolute Gasteiger partial charge is 0.497 e. The quantitative estimate of drug-likeness (QED) is 0.758. The second-order valence-electron chi connectivity index (χ2n) is 6.85. The molecule has 2 aromatic heterocycles. The van der Waals surface area contributed by atoms with Crippen molar-refractivity contribution in [3.63, 3.8) is 0 Å². The molecule has 1 saturated heterocycles. The Labute approximate surface area is 130 Å². The fourth-order valence-electron chi connectivity index (χ4n) is 2.75. The van der Waals surface area contributed by atoms with Crippen LogP contribution in [0, 0.1) is 6.92 Å². The Kier molecular flexibility index (Phi) is 3.24. The van der Waals surface area contributed by atoms with E-state index in [9.17, 15) is 4.79 Å². The first kappa shape index (κ1) is 15.2. The summed E-state index contributed by atoms with van der Waals surface area (Å²) in [6.07, 6.45) is 3.56. The SMILES string of the molecule is CC(=O)n1ccc2c(B3OC(C)(C)C(C)(C)O3)cnc(C)c21. The van der Waals surface area contributed by atoms with Gasteiger partial charge in [-0.3, -0.25) is 14.3 Å². The third-order valence-electron chi connectivity index (χ3n) is 4.78. The van der Waals surface area contributed by atoms with Gasteiger partial charge in [-0.15, -0.1) is 0 Å². The van der Waals surface area contributed by atoms with Crippen molar-refractivity contribution in [1.29, 1.82) is 0 Å². The minimum absolute atomic E-state index is 0.0361. The van der Waals surface area contributed by atoms with Gasteiger partial charge in [0.05, 0.1) is 22.4 Å². The van der Waals surface area contributed by atoms with Crippen molar-refractivity contribution in [2.24, 2.45) is 0 Å². The molecule has 0 aromatic carbocycles. The minimum atomic E-state index is -0.483. The van der Waals surface area contributed by atoms with E-state index in [0.29, 0.717) is 0 Å². The molecule has 1 aliphatic rings. The normalized spacial score (nSPS) is 19.8. The number of hydrogen-bond donors (Lipinski definition) is 0. The summed E-state index contributed by atoms with van der Waals surface area (Å²) >= 11 is 0. The number of hydrogen-bond acceptors (Lipinski definition) is 4. The maximum atomic E-state index is 11.8. The molecule has 3 rings (SSSR count). The number of aryl methyl sites for hydroxylation is 1. The molecule has 0 saturated carbocycles. The van der Waals surface area contributed by atoms with Crippen molar-refractivity contribution in [3.05, 3.63) is 24.2 Å². The van der Waals surface area contributed by atoms with Crippen LogP contribution >= 0.6 is 0 Å². The first-order valence-corrected chi connectivity index (χ1v) is 7.47. The van der Waals surface area contributed by atoms with Crippen molar-refractivity contribution >= 4 is 29.4 Å². The van der Waals surface area contributed by atoms with E-state index in [1.165, 1.54) is 0 Å². The van der Waals surface area contributed by atoms with Gasteiger partial charge < -0.3 is 9.31 Å². The number of aromatic nitrogens is 2. The summed E-state index contributed by atoms with van der Waals surface area (Å²) in [6, 6.07) is 1.92. The van der Waals surface area contributed by atoms with E-state index < -0.39 is 18.3 Å². The van der Waals surface area contributed by atoms with Crippen molar-refractivity contribution in [2.75, 3.05) is 0 Å². The molecule has 3 heterocycles. The number of fused-ring (bicyclic) bond motifs is 1. The van der Waals surface area contributed by atoms with Crippen LogP contribution in [0.2, 0.25) is 0 Å². The molecule has 22 heavy (non-hydrogen) atoms. The van der Waals surface area contributed by atoms with E-state index in [1.54, 1.807) is 23.9 Å².